The van der Waals surface area contributed by atoms with Crippen molar-refractivity contribution >= 4 is 44.0 Å². The molecule has 0 aliphatic heterocycles. The minimum atomic E-state index is 0.882. The molecule has 130 valence electrons. The first-order valence-electron chi connectivity index (χ1n) is 8.85. The Hall–Kier alpha value is -3.24. The van der Waals surface area contributed by atoms with Crippen molar-refractivity contribution in [2.24, 2.45) is 0 Å². The number of aryl methyl sites for hydroxylation is 1. The minimum absolute atomic E-state index is 0.882. The Kier molecular flexibility index (Phi) is 3.84. The van der Waals surface area contributed by atoms with Gasteiger partial charge in [-0.3, -0.25) is 0 Å². The zero-order valence-electron chi connectivity index (χ0n) is 14.8. The van der Waals surface area contributed by atoms with Crippen molar-refractivity contribution in [3.8, 4) is 11.3 Å². The molecule has 4 heteroatoms. The number of hydrogen-bond acceptors (Lipinski definition) is 4. The Bertz CT molecular complexity index is 1200. The van der Waals surface area contributed by atoms with E-state index >= 15 is 0 Å². The molecular weight excluding hydrogens is 350 g/mol. The van der Waals surface area contributed by atoms with Gasteiger partial charge in [0, 0.05) is 21.7 Å². The Morgan fingerprint density at radius 1 is 0.741 bits per heavy atom. The largest absolute Gasteiger partial charge is 0.330 e. The maximum absolute atomic E-state index is 4.81. The van der Waals surface area contributed by atoms with Gasteiger partial charge < -0.3 is 5.32 Å². The lowest BCUT2D eigenvalue weighted by molar-refractivity contribution is 1.38. The van der Waals surface area contributed by atoms with Crippen LogP contribution >= 0.6 is 11.3 Å². The topological polar surface area (TPSA) is 37.8 Å². The van der Waals surface area contributed by atoms with Crippen LogP contribution in [-0.2, 0) is 0 Å². The first-order valence-corrected chi connectivity index (χ1v) is 9.73. The van der Waals surface area contributed by atoms with Gasteiger partial charge in [-0.2, -0.15) is 0 Å². The molecule has 5 rings (SSSR count). The maximum atomic E-state index is 4.81. The molecule has 0 spiro atoms. The summed E-state index contributed by atoms with van der Waals surface area (Å²) in [5.41, 5.74) is 6.39. The first-order chi connectivity index (χ1) is 13.3. The number of para-hydroxylation sites is 2. The Labute approximate surface area is 161 Å². The van der Waals surface area contributed by atoms with Crippen LogP contribution in [0.4, 0.5) is 10.8 Å². The number of hydrogen-bond donors (Lipinski definition) is 1. The van der Waals surface area contributed by atoms with Gasteiger partial charge in [-0.05, 0) is 19.1 Å². The van der Waals surface area contributed by atoms with Gasteiger partial charge in [0.15, 0.2) is 5.13 Å². The van der Waals surface area contributed by atoms with Crippen molar-refractivity contribution in [3.63, 3.8) is 0 Å². The SMILES string of the molecule is Cc1ccc(-c2csc(Nc3c4ccccc4nc4ccccc34)n2)cc1. The highest BCUT2D eigenvalue weighted by Crippen LogP contribution is 2.35. The van der Waals surface area contributed by atoms with E-state index in [1.807, 2.05) is 36.4 Å². The monoisotopic (exact) mass is 367 g/mol. The van der Waals surface area contributed by atoms with E-state index in [1.165, 1.54) is 5.56 Å². The van der Waals surface area contributed by atoms with E-state index in [-0.39, 0.29) is 0 Å². The number of fused-ring (bicyclic) bond motifs is 2. The molecule has 3 nitrogen and oxygen atoms in total. The van der Waals surface area contributed by atoms with Gasteiger partial charge in [-0.25, -0.2) is 9.97 Å². The number of thiazole rings is 1. The number of benzene rings is 3. The van der Waals surface area contributed by atoms with Crippen LogP contribution < -0.4 is 5.32 Å². The molecule has 0 bridgehead atoms. The Morgan fingerprint density at radius 2 is 1.37 bits per heavy atom. The highest BCUT2D eigenvalue weighted by Gasteiger charge is 2.11. The molecule has 0 fully saturated rings. The van der Waals surface area contributed by atoms with Gasteiger partial charge in [0.1, 0.15) is 0 Å². The van der Waals surface area contributed by atoms with Crippen LogP contribution in [0.25, 0.3) is 33.1 Å². The summed E-state index contributed by atoms with van der Waals surface area (Å²) in [7, 11) is 0. The average molecular weight is 367 g/mol. The van der Waals surface area contributed by atoms with E-state index < -0.39 is 0 Å². The van der Waals surface area contributed by atoms with Crippen molar-refractivity contribution in [1.82, 2.24) is 9.97 Å². The summed E-state index contributed by atoms with van der Waals surface area (Å²) in [6.45, 7) is 2.09. The van der Waals surface area contributed by atoms with Crippen molar-refractivity contribution in [3.05, 3.63) is 83.7 Å². The third-order valence-corrected chi connectivity index (χ3v) is 5.43. The lowest BCUT2D eigenvalue weighted by atomic mass is 10.1. The highest BCUT2D eigenvalue weighted by atomic mass is 32.1. The molecule has 0 saturated carbocycles. The van der Waals surface area contributed by atoms with Crippen molar-refractivity contribution in [1.29, 1.82) is 0 Å². The number of nitrogens with zero attached hydrogens (tertiary/aromatic N) is 2. The van der Waals surface area contributed by atoms with Gasteiger partial charge in [-0.15, -0.1) is 11.3 Å². The zero-order valence-corrected chi connectivity index (χ0v) is 15.6. The maximum Gasteiger partial charge on any atom is 0.187 e. The lowest BCUT2D eigenvalue weighted by Crippen LogP contribution is -1.95. The summed E-state index contributed by atoms with van der Waals surface area (Å²) in [5.74, 6) is 0. The molecule has 2 aromatic heterocycles. The zero-order chi connectivity index (χ0) is 18.2. The first kappa shape index (κ1) is 16.0. The molecule has 0 aliphatic carbocycles. The molecule has 3 aromatic carbocycles. The Morgan fingerprint density at radius 3 is 2.04 bits per heavy atom. The van der Waals surface area contributed by atoms with Gasteiger partial charge in [0.05, 0.1) is 22.4 Å². The van der Waals surface area contributed by atoms with E-state index in [0.29, 0.717) is 0 Å². The molecule has 0 saturated heterocycles. The molecule has 27 heavy (non-hydrogen) atoms. The van der Waals surface area contributed by atoms with E-state index in [2.05, 4.69) is 54.0 Å². The second kappa shape index (κ2) is 6.49. The van der Waals surface area contributed by atoms with Crippen molar-refractivity contribution < 1.29 is 0 Å². The van der Waals surface area contributed by atoms with Crippen molar-refractivity contribution in [2.75, 3.05) is 5.32 Å². The molecule has 0 atom stereocenters. The van der Waals surface area contributed by atoms with Crippen LogP contribution in [-0.4, -0.2) is 9.97 Å². The molecule has 0 radical (unpaired) electrons. The fourth-order valence-electron chi connectivity index (χ4n) is 3.27. The third-order valence-electron chi connectivity index (χ3n) is 4.67. The number of anilines is 2. The molecule has 5 aromatic rings. The smallest absolute Gasteiger partial charge is 0.187 e. The van der Waals surface area contributed by atoms with E-state index in [4.69, 9.17) is 9.97 Å². The summed E-state index contributed by atoms with van der Waals surface area (Å²) in [6.07, 6.45) is 0. The van der Waals surface area contributed by atoms with Crippen LogP contribution in [0.2, 0.25) is 0 Å². The molecule has 2 heterocycles. The van der Waals surface area contributed by atoms with Crippen molar-refractivity contribution in [2.45, 2.75) is 6.92 Å². The van der Waals surface area contributed by atoms with Crippen LogP contribution in [0.15, 0.2) is 78.2 Å². The third kappa shape index (κ3) is 2.94. The summed E-state index contributed by atoms with van der Waals surface area (Å²) in [5, 5.41) is 8.74. The minimum Gasteiger partial charge on any atom is -0.330 e. The average Bonchev–Trinajstić information content (AvgIpc) is 3.17. The van der Waals surface area contributed by atoms with Crippen LogP contribution in [0.5, 0.6) is 0 Å². The van der Waals surface area contributed by atoms with E-state index in [0.717, 1.165) is 43.9 Å². The van der Waals surface area contributed by atoms with Crippen LogP contribution in [0, 0.1) is 6.92 Å². The Balaban J connectivity index is 1.61. The molecule has 0 aliphatic rings. The second-order valence-electron chi connectivity index (χ2n) is 6.55. The predicted octanol–water partition coefficient (Wildman–Crippen LogP) is 6.56. The second-order valence-corrected chi connectivity index (χ2v) is 7.41. The predicted molar refractivity (Wildman–Crippen MR) is 115 cm³/mol. The van der Waals surface area contributed by atoms with Gasteiger partial charge in [-0.1, -0.05) is 66.2 Å². The quantitative estimate of drug-likeness (QED) is 0.367. The van der Waals surface area contributed by atoms with Crippen LogP contribution in [0.1, 0.15) is 5.56 Å². The summed E-state index contributed by atoms with van der Waals surface area (Å²) < 4.78 is 0. The van der Waals surface area contributed by atoms with Gasteiger partial charge in [0.2, 0.25) is 0 Å². The molecular formula is C23H17N3S. The lowest BCUT2D eigenvalue weighted by Gasteiger charge is -2.11. The number of nitrogens with one attached hydrogen (secondary N) is 1. The molecule has 0 unspecified atom stereocenters. The number of aromatic nitrogens is 2. The van der Waals surface area contributed by atoms with E-state index in [9.17, 15) is 0 Å². The van der Waals surface area contributed by atoms with Crippen LogP contribution in [0.3, 0.4) is 0 Å². The standard InChI is InChI=1S/C23H17N3S/c1-15-10-12-16(13-11-15)21-14-27-23(25-21)26-22-17-6-2-4-8-19(17)24-20-9-5-3-7-18(20)22/h2-14H,1H3,(H,24,25,26). The molecule has 1 N–H and O–H groups in total. The van der Waals surface area contributed by atoms with Gasteiger partial charge in [0.25, 0.3) is 0 Å². The number of rotatable bonds is 3. The number of pyridine rings is 1. The fraction of sp³-hybridized carbons (Fsp3) is 0.0435. The fourth-order valence-corrected chi connectivity index (χ4v) is 3.99. The normalized spacial score (nSPS) is 11.1. The van der Waals surface area contributed by atoms with E-state index in [1.54, 1.807) is 11.3 Å². The molecule has 0 amide bonds. The van der Waals surface area contributed by atoms with Gasteiger partial charge >= 0.3 is 0 Å². The summed E-state index contributed by atoms with van der Waals surface area (Å²) in [6, 6.07) is 24.9. The summed E-state index contributed by atoms with van der Waals surface area (Å²) >= 11 is 1.62. The summed E-state index contributed by atoms with van der Waals surface area (Å²) in [4.78, 5) is 9.59. The highest BCUT2D eigenvalue weighted by molar-refractivity contribution is 7.14.